The van der Waals surface area contributed by atoms with Crippen molar-refractivity contribution in [3.8, 4) is 0 Å². The van der Waals surface area contributed by atoms with E-state index in [9.17, 15) is 19.5 Å². The Morgan fingerprint density at radius 2 is 1.58 bits per heavy atom. The van der Waals surface area contributed by atoms with Crippen LogP contribution in [-0.4, -0.2) is 60.0 Å². The molecule has 0 radical (unpaired) electrons. The molecule has 1 rings (SSSR count). The van der Waals surface area contributed by atoms with Crippen LogP contribution in [0.25, 0.3) is 0 Å². The van der Waals surface area contributed by atoms with Crippen LogP contribution in [0.3, 0.4) is 0 Å². The molecule has 0 aromatic heterocycles. The molecule has 0 bridgehead atoms. The van der Waals surface area contributed by atoms with E-state index >= 15 is 0 Å². The molecular weight excluding hydrogens is 418 g/mol. The second-order valence-electron chi connectivity index (χ2n) is 10.1. The Morgan fingerprint density at radius 1 is 1.03 bits per heavy atom. The molecule has 0 aliphatic heterocycles. The molecule has 0 heterocycles. The van der Waals surface area contributed by atoms with Gasteiger partial charge in [0.05, 0.1) is 12.1 Å². The van der Waals surface area contributed by atoms with Gasteiger partial charge in [-0.05, 0) is 37.9 Å². The van der Waals surface area contributed by atoms with Gasteiger partial charge in [0.2, 0.25) is 11.8 Å². The summed E-state index contributed by atoms with van der Waals surface area (Å²) >= 11 is 0. The second-order valence-corrected chi connectivity index (χ2v) is 10.1. The van der Waals surface area contributed by atoms with E-state index in [1.54, 1.807) is 27.1 Å². The highest BCUT2D eigenvalue weighted by atomic mass is 16.4. The van der Waals surface area contributed by atoms with Crippen LogP contribution in [0.1, 0.15) is 59.9 Å². The van der Waals surface area contributed by atoms with Crippen molar-refractivity contribution >= 4 is 17.8 Å². The molecule has 0 aliphatic rings. The van der Waals surface area contributed by atoms with Crippen LogP contribution in [0.5, 0.6) is 0 Å². The first-order chi connectivity index (χ1) is 15.2. The highest BCUT2D eigenvalue weighted by molar-refractivity contribution is 6.00. The monoisotopic (exact) mass is 459 g/mol. The van der Waals surface area contributed by atoms with E-state index in [0.717, 1.165) is 5.56 Å². The molecule has 1 aromatic carbocycles. The predicted octanol–water partition coefficient (Wildman–Crippen LogP) is 3.42. The average Bonchev–Trinajstić information content (AvgIpc) is 2.71. The Labute approximate surface area is 198 Å². The van der Waals surface area contributed by atoms with Gasteiger partial charge < -0.3 is 10.4 Å². The molecule has 4 atom stereocenters. The van der Waals surface area contributed by atoms with Crippen molar-refractivity contribution in [3.63, 3.8) is 0 Å². The summed E-state index contributed by atoms with van der Waals surface area (Å²) in [5.74, 6) is -1.87. The predicted molar refractivity (Wildman–Crippen MR) is 132 cm³/mol. The maximum Gasteiger partial charge on any atom is 0.331 e. The van der Waals surface area contributed by atoms with Gasteiger partial charge >= 0.3 is 5.97 Å². The molecule has 184 valence electrons. The van der Waals surface area contributed by atoms with Gasteiger partial charge in [0, 0.05) is 17.5 Å². The lowest BCUT2D eigenvalue weighted by Crippen LogP contribution is -2.59. The lowest BCUT2D eigenvalue weighted by atomic mass is 9.83. The van der Waals surface area contributed by atoms with Crippen LogP contribution in [0, 0.1) is 11.3 Å². The highest BCUT2D eigenvalue weighted by Crippen LogP contribution is 2.28. The van der Waals surface area contributed by atoms with Crippen molar-refractivity contribution in [2.24, 2.45) is 11.3 Å². The normalized spacial score (nSPS) is 16.3. The Hall–Kier alpha value is -2.51. The fourth-order valence-corrected chi connectivity index (χ4v) is 4.29. The zero-order chi connectivity index (χ0) is 25.5. The largest absolute Gasteiger partial charge is 0.478 e. The number of nitrogens with zero attached hydrogens (tertiary/aromatic N) is 1. The standard InChI is InChI=1S/C26H41N3O4/c1-16(2)20(15-17(3)25(32)33)29(9)22(26(5,6)7)24(31)28-23(30)21(27-8)18(4)19-13-11-10-12-14-19/h10-16,18,20-22,27H,1-9H3,(H,32,33)(H,28,30,31)/b17-15+/t18-,20+,21-,22+/m0/s1. The van der Waals surface area contributed by atoms with E-state index in [1.807, 2.05) is 76.8 Å². The van der Waals surface area contributed by atoms with Gasteiger partial charge in [0.1, 0.15) is 0 Å². The Kier molecular flexibility index (Phi) is 10.5. The minimum Gasteiger partial charge on any atom is -0.478 e. The molecule has 0 saturated carbocycles. The average molecular weight is 460 g/mol. The number of likely N-dealkylation sites (N-methyl/N-ethyl adjacent to an activating group) is 2. The summed E-state index contributed by atoms with van der Waals surface area (Å²) in [5.41, 5.74) is 0.715. The first kappa shape index (κ1) is 28.5. The summed E-state index contributed by atoms with van der Waals surface area (Å²) in [6.45, 7) is 13.3. The van der Waals surface area contributed by atoms with Gasteiger partial charge in [-0.1, -0.05) is 78.0 Å². The molecular formula is C26H41N3O4. The quantitative estimate of drug-likeness (QED) is 0.464. The summed E-state index contributed by atoms with van der Waals surface area (Å²) in [6, 6.07) is 8.14. The SMILES string of the molecule is CN[C@H](C(=O)NC(=O)[C@@H](N(C)[C@H](/C=C(\C)C(=O)O)C(C)C)C(C)(C)C)[C@@H](C)c1ccccc1. The Bertz CT molecular complexity index is 843. The van der Waals surface area contributed by atoms with E-state index in [2.05, 4.69) is 10.6 Å². The summed E-state index contributed by atoms with van der Waals surface area (Å²) in [4.78, 5) is 39.8. The van der Waals surface area contributed by atoms with Crippen LogP contribution >= 0.6 is 0 Å². The molecule has 0 saturated heterocycles. The molecule has 7 nitrogen and oxygen atoms in total. The lowest BCUT2D eigenvalue weighted by Gasteiger charge is -2.41. The third-order valence-corrected chi connectivity index (χ3v) is 6.05. The van der Waals surface area contributed by atoms with Crippen LogP contribution < -0.4 is 10.6 Å². The Morgan fingerprint density at radius 3 is 2.00 bits per heavy atom. The highest BCUT2D eigenvalue weighted by Gasteiger charge is 2.39. The van der Waals surface area contributed by atoms with E-state index in [0.29, 0.717) is 0 Å². The van der Waals surface area contributed by atoms with Crippen molar-refractivity contribution in [2.75, 3.05) is 14.1 Å². The van der Waals surface area contributed by atoms with Crippen molar-refractivity contribution in [2.45, 2.75) is 72.5 Å². The smallest absolute Gasteiger partial charge is 0.331 e. The molecule has 0 unspecified atom stereocenters. The van der Waals surface area contributed by atoms with Gasteiger partial charge in [-0.2, -0.15) is 0 Å². The number of carboxylic acids is 1. The van der Waals surface area contributed by atoms with Crippen LogP contribution in [-0.2, 0) is 14.4 Å². The number of carboxylic acid groups (broad SMARTS) is 1. The zero-order valence-electron chi connectivity index (χ0n) is 21.5. The van der Waals surface area contributed by atoms with Crippen LogP contribution in [0.4, 0.5) is 0 Å². The number of carbonyl (C=O) groups excluding carboxylic acids is 2. The minimum atomic E-state index is -0.993. The lowest BCUT2D eigenvalue weighted by molar-refractivity contribution is -0.137. The molecule has 0 aliphatic carbocycles. The van der Waals surface area contributed by atoms with Gasteiger partial charge in [-0.3, -0.25) is 19.8 Å². The number of aliphatic carboxylic acids is 1. The number of hydrogen-bond acceptors (Lipinski definition) is 5. The first-order valence-electron chi connectivity index (χ1n) is 11.4. The molecule has 0 fully saturated rings. The van der Waals surface area contributed by atoms with Crippen molar-refractivity contribution in [3.05, 3.63) is 47.5 Å². The van der Waals surface area contributed by atoms with Crippen molar-refractivity contribution in [1.29, 1.82) is 0 Å². The van der Waals surface area contributed by atoms with E-state index in [4.69, 9.17) is 0 Å². The van der Waals surface area contributed by atoms with Gasteiger partial charge in [0.25, 0.3) is 0 Å². The number of imide groups is 1. The second kappa shape index (κ2) is 12.1. The summed E-state index contributed by atoms with van der Waals surface area (Å²) in [7, 11) is 3.51. The maximum absolute atomic E-state index is 13.4. The minimum absolute atomic E-state index is 0.0563. The number of nitrogens with one attached hydrogen (secondary N) is 2. The van der Waals surface area contributed by atoms with E-state index in [1.165, 1.54) is 0 Å². The van der Waals surface area contributed by atoms with E-state index in [-0.39, 0.29) is 29.4 Å². The Balaban J connectivity index is 3.19. The third-order valence-electron chi connectivity index (χ3n) is 6.05. The fraction of sp³-hybridized carbons (Fsp3) is 0.577. The third kappa shape index (κ3) is 7.79. The van der Waals surface area contributed by atoms with Gasteiger partial charge in [0.15, 0.2) is 0 Å². The molecule has 3 N–H and O–H groups in total. The summed E-state index contributed by atoms with van der Waals surface area (Å²) in [6.07, 6.45) is 1.68. The number of rotatable bonds is 10. The zero-order valence-corrected chi connectivity index (χ0v) is 21.5. The molecule has 1 aromatic rings. The topological polar surface area (TPSA) is 98.7 Å². The molecule has 33 heavy (non-hydrogen) atoms. The van der Waals surface area contributed by atoms with Gasteiger partial charge in [-0.25, -0.2) is 4.79 Å². The first-order valence-corrected chi connectivity index (χ1v) is 11.4. The molecule has 0 spiro atoms. The summed E-state index contributed by atoms with van der Waals surface area (Å²) in [5, 5.41) is 15.0. The summed E-state index contributed by atoms with van der Waals surface area (Å²) < 4.78 is 0. The number of amides is 2. The number of benzene rings is 1. The van der Waals surface area contributed by atoms with Crippen LogP contribution in [0.15, 0.2) is 42.0 Å². The maximum atomic E-state index is 13.4. The van der Waals surface area contributed by atoms with E-state index < -0.39 is 29.4 Å². The van der Waals surface area contributed by atoms with Gasteiger partial charge in [-0.15, -0.1) is 0 Å². The van der Waals surface area contributed by atoms with Crippen molar-refractivity contribution in [1.82, 2.24) is 15.5 Å². The number of hydrogen-bond donors (Lipinski definition) is 3. The molecule has 7 heteroatoms. The molecule has 2 amide bonds. The van der Waals surface area contributed by atoms with Crippen molar-refractivity contribution < 1.29 is 19.5 Å². The fourth-order valence-electron chi connectivity index (χ4n) is 4.29. The number of carbonyl (C=O) groups is 3. The van der Waals surface area contributed by atoms with Crippen LogP contribution in [0.2, 0.25) is 0 Å².